The second kappa shape index (κ2) is 19.8. The summed E-state index contributed by atoms with van der Waals surface area (Å²) in [6, 6.07) is 6.84. The van der Waals surface area contributed by atoms with Crippen molar-refractivity contribution >= 4 is 39.9 Å². The summed E-state index contributed by atoms with van der Waals surface area (Å²) < 4.78 is 4.80. The predicted molar refractivity (Wildman–Crippen MR) is 210 cm³/mol. The highest BCUT2D eigenvalue weighted by molar-refractivity contribution is 6.07. The molecule has 3 N–H and O–H groups in total. The fourth-order valence-electron chi connectivity index (χ4n) is 6.75. The predicted octanol–water partition coefficient (Wildman–Crippen LogP) is 10.1. The fourth-order valence-corrected chi connectivity index (χ4v) is 6.75. The smallest absolute Gasteiger partial charge is 0.303 e. The van der Waals surface area contributed by atoms with Crippen LogP contribution >= 0.6 is 0 Å². The number of benzene rings is 1. The molecule has 1 aliphatic heterocycles. The highest BCUT2D eigenvalue weighted by atomic mass is 16.6. The summed E-state index contributed by atoms with van der Waals surface area (Å²) in [5.41, 5.74) is 7.77. The number of ether oxygens (including phenoxy) is 1. The van der Waals surface area contributed by atoms with Crippen LogP contribution in [0.3, 0.4) is 0 Å². The van der Waals surface area contributed by atoms with E-state index in [0.717, 1.165) is 79.7 Å². The Kier molecular flexibility index (Phi) is 16.9. The number of amidine groups is 1. The first-order chi connectivity index (χ1) is 23.4. The summed E-state index contributed by atoms with van der Waals surface area (Å²) >= 11 is 0. The van der Waals surface area contributed by atoms with E-state index in [4.69, 9.17) is 10.1 Å². The molecule has 2 heterocycles. The van der Waals surface area contributed by atoms with Gasteiger partial charge < -0.3 is 19.7 Å². The number of aliphatic hydroxyl groups is 1. The molecule has 1 aromatic heterocycles. The number of esters is 1. The average Bonchev–Trinajstić information content (AvgIpc) is 3.43. The maximum absolute atomic E-state index is 13.1. The van der Waals surface area contributed by atoms with Gasteiger partial charge in [0.05, 0.1) is 12.0 Å². The van der Waals surface area contributed by atoms with Crippen molar-refractivity contribution in [2.24, 2.45) is 10.9 Å². The van der Waals surface area contributed by atoms with Crippen molar-refractivity contribution in [3.05, 3.63) is 52.7 Å². The lowest BCUT2D eigenvalue weighted by Gasteiger charge is -2.34. The normalized spacial score (nSPS) is 16.3. The lowest BCUT2D eigenvalue weighted by atomic mass is 9.86. The molecule has 50 heavy (non-hydrogen) atoms. The van der Waals surface area contributed by atoms with Crippen molar-refractivity contribution in [3.63, 3.8) is 0 Å². The molecule has 0 aliphatic carbocycles. The molecule has 3 rings (SSSR count). The Morgan fingerprint density at radius 3 is 2.22 bits per heavy atom. The van der Waals surface area contributed by atoms with Gasteiger partial charge in [0.15, 0.2) is 0 Å². The zero-order chi connectivity index (χ0) is 37.8. The number of aromatic amines is 1. The van der Waals surface area contributed by atoms with E-state index >= 15 is 0 Å². The first-order valence-electron chi connectivity index (χ1n) is 18.7. The third-order valence-corrected chi connectivity index (χ3v) is 9.30. The van der Waals surface area contributed by atoms with Crippen LogP contribution in [0, 0.1) is 11.3 Å². The number of aliphatic imine (C=N–C) groups is 1. The summed E-state index contributed by atoms with van der Waals surface area (Å²) in [6.07, 6.45) is 10.4. The summed E-state index contributed by atoms with van der Waals surface area (Å²) in [5.74, 6) is 0.608. The number of nitrogens with zero attached hydrogens (tertiary/aromatic N) is 2. The molecule has 8 heteroatoms. The van der Waals surface area contributed by atoms with Crippen LogP contribution in [0.15, 0.2) is 40.9 Å². The number of hydrogen-bond acceptors (Lipinski definition) is 5. The summed E-state index contributed by atoms with van der Waals surface area (Å²) in [5, 5.41) is 19.6. The number of hydrogen-bond donors (Lipinski definition) is 3. The highest BCUT2D eigenvalue weighted by Crippen LogP contribution is 2.37. The quantitative estimate of drug-likeness (QED) is 0.0675. The molecule has 1 amide bonds. The molecular formula is C42H66N4O4. The number of amides is 1. The second-order valence-electron chi connectivity index (χ2n) is 15.1. The van der Waals surface area contributed by atoms with E-state index in [1.807, 2.05) is 32.6 Å². The Hall–Kier alpha value is -3.52. The number of unbranched alkanes of at least 4 members (excludes halogenated alkanes) is 2. The number of fused-ring (bicyclic) bond motifs is 1. The van der Waals surface area contributed by atoms with Gasteiger partial charge in [-0.2, -0.15) is 0 Å². The van der Waals surface area contributed by atoms with Gasteiger partial charge in [0.1, 0.15) is 11.4 Å². The number of aliphatic hydroxyl groups excluding tert-OH is 1. The summed E-state index contributed by atoms with van der Waals surface area (Å²) in [6.45, 7) is 24.9. The van der Waals surface area contributed by atoms with Crippen molar-refractivity contribution < 1.29 is 19.4 Å². The molecule has 1 aliphatic rings. The van der Waals surface area contributed by atoms with Crippen LogP contribution in [0.4, 0.5) is 0 Å². The highest BCUT2D eigenvalue weighted by Gasteiger charge is 2.30. The number of allylic oxidation sites excluding steroid dienone is 4. The first-order valence-corrected chi connectivity index (χ1v) is 18.7. The minimum atomic E-state index is -0.553. The van der Waals surface area contributed by atoms with Crippen molar-refractivity contribution in [3.8, 4) is 0 Å². The first kappa shape index (κ1) is 42.6. The monoisotopic (exact) mass is 691 g/mol. The molecule has 0 radical (unpaired) electrons. The molecule has 2 unspecified atom stereocenters. The third-order valence-electron chi connectivity index (χ3n) is 9.30. The number of H-pyrrole nitrogens is 1. The molecule has 1 aromatic carbocycles. The maximum atomic E-state index is 13.1. The van der Waals surface area contributed by atoms with E-state index in [-0.39, 0.29) is 23.4 Å². The fraction of sp³-hybridized carbons (Fsp3) is 0.619. The molecule has 0 bridgehead atoms. The Morgan fingerprint density at radius 1 is 1.10 bits per heavy atom. The van der Waals surface area contributed by atoms with Crippen LogP contribution in [-0.2, 0) is 14.3 Å². The molecule has 8 nitrogen and oxygen atoms in total. The molecule has 1 saturated heterocycles. The van der Waals surface area contributed by atoms with Gasteiger partial charge in [0.25, 0.3) is 0 Å². The van der Waals surface area contributed by atoms with Crippen molar-refractivity contribution in [1.29, 1.82) is 5.41 Å². The van der Waals surface area contributed by atoms with Gasteiger partial charge in [-0.15, -0.1) is 0 Å². The average molecular weight is 691 g/mol. The second-order valence-corrected chi connectivity index (χ2v) is 15.1. The van der Waals surface area contributed by atoms with Crippen LogP contribution in [-0.4, -0.2) is 63.2 Å². The van der Waals surface area contributed by atoms with Crippen LogP contribution in [0.5, 0.6) is 0 Å². The Morgan fingerprint density at radius 2 is 1.74 bits per heavy atom. The van der Waals surface area contributed by atoms with Crippen molar-refractivity contribution in [1.82, 2.24) is 9.88 Å². The van der Waals surface area contributed by atoms with Gasteiger partial charge in [-0.1, -0.05) is 66.0 Å². The van der Waals surface area contributed by atoms with Crippen molar-refractivity contribution in [2.75, 3.05) is 13.1 Å². The number of likely N-dealkylation sites (tertiary alicyclic amines) is 1. The lowest BCUT2D eigenvalue weighted by Crippen LogP contribution is -2.43. The minimum Gasteiger partial charge on any atom is -0.460 e. The van der Waals surface area contributed by atoms with Crippen molar-refractivity contribution in [2.45, 2.75) is 152 Å². The van der Waals surface area contributed by atoms with Gasteiger partial charge in [-0.05, 0) is 120 Å². The van der Waals surface area contributed by atoms with E-state index < -0.39 is 6.10 Å². The topological polar surface area (TPSA) is 119 Å². The zero-order valence-electron chi connectivity index (χ0n) is 33.1. The largest absolute Gasteiger partial charge is 0.460 e. The van der Waals surface area contributed by atoms with Gasteiger partial charge in [0, 0.05) is 42.3 Å². The van der Waals surface area contributed by atoms with Gasteiger partial charge >= 0.3 is 5.97 Å². The van der Waals surface area contributed by atoms with E-state index in [2.05, 4.69) is 81.9 Å². The van der Waals surface area contributed by atoms with E-state index in [1.54, 1.807) is 6.92 Å². The van der Waals surface area contributed by atoms with Crippen LogP contribution in [0.1, 0.15) is 157 Å². The lowest BCUT2D eigenvalue weighted by molar-refractivity contribution is -0.152. The Balaban J connectivity index is 0.000000963. The molecule has 1 fully saturated rings. The van der Waals surface area contributed by atoms with E-state index in [1.165, 1.54) is 23.4 Å². The number of carbonyl (C=O) groups is 2. The summed E-state index contributed by atoms with van der Waals surface area (Å²) in [4.78, 5) is 33.5. The maximum Gasteiger partial charge on any atom is 0.303 e. The van der Waals surface area contributed by atoms with Crippen LogP contribution in [0.2, 0.25) is 0 Å². The number of carbonyl (C=O) groups excluding carboxylic acids is 2. The Labute approximate surface area is 302 Å². The zero-order valence-corrected chi connectivity index (χ0v) is 33.1. The molecule has 2 aromatic rings. The van der Waals surface area contributed by atoms with Gasteiger partial charge in [0.2, 0.25) is 5.91 Å². The molecular weight excluding hydrogens is 624 g/mol. The third kappa shape index (κ3) is 12.7. The number of aromatic nitrogens is 1. The van der Waals surface area contributed by atoms with Crippen LogP contribution < -0.4 is 0 Å². The molecule has 278 valence electrons. The molecule has 0 saturated carbocycles. The molecule has 2 atom stereocenters. The Bertz CT molecular complexity index is 1530. The standard InChI is InChI=1S/C36H54N4O2.C6H12O2/c1-9-12-13-14-33(41)25(7)36(42)40-19-17-28(18-20-40)29-15-16-32-30(22-29)34(23(4)5)35(39-32)27(10-2)21-24(6)31(11-3)38-26(8)37;1-5(7)8-6(2,3)4/h10,15-16,21-23,25,28,33,37,39,41H,9,11-14,17-20H2,1-8H3;1-4H3/b24-21-,27-10+,37-26?,38-31?;. The van der Waals surface area contributed by atoms with E-state index in [0.29, 0.717) is 24.1 Å². The number of piperidine rings is 1. The number of nitrogens with one attached hydrogen (secondary N) is 2. The summed E-state index contributed by atoms with van der Waals surface area (Å²) in [7, 11) is 0. The van der Waals surface area contributed by atoms with Crippen LogP contribution in [0.25, 0.3) is 16.5 Å². The van der Waals surface area contributed by atoms with E-state index in [9.17, 15) is 14.7 Å². The molecule has 0 spiro atoms. The van der Waals surface area contributed by atoms with Gasteiger partial charge in [-0.25, -0.2) is 4.99 Å². The van der Waals surface area contributed by atoms with Gasteiger partial charge in [-0.3, -0.25) is 15.0 Å². The minimum absolute atomic E-state index is 0.0968. The number of rotatable bonds is 12. The SMILES string of the molecule is C/C=C(\C=C(\C)C(CC)=NC(C)=N)c1[nH]c2ccc(C3CCN(C(=O)C(C)C(O)CCCCC)CC3)cc2c1C(C)C.CC(=O)OC(C)(C)C.